The van der Waals surface area contributed by atoms with Gasteiger partial charge in [0.1, 0.15) is 5.82 Å². The van der Waals surface area contributed by atoms with E-state index in [0.717, 1.165) is 21.1 Å². The molecular weight excluding hydrogens is 550 g/mol. The van der Waals surface area contributed by atoms with Crippen LogP contribution in [0.15, 0.2) is 12.1 Å². The van der Waals surface area contributed by atoms with Crippen molar-refractivity contribution in [1.82, 2.24) is 24.2 Å². The van der Waals surface area contributed by atoms with Crippen molar-refractivity contribution in [3.8, 4) is 0 Å². The largest absolute Gasteiger partial charge is 0.382 e. The lowest BCUT2D eigenvalue weighted by atomic mass is 10.0. The van der Waals surface area contributed by atoms with Gasteiger partial charge in [-0.05, 0) is 66.1 Å². The molecule has 0 saturated heterocycles. The standard InChI is InChI=1S/C20H22FIN6O3S/c1-10(2)27-32(30,31)6-5-28-16(24-17-18(23)25-20(21)26-19(17)28)9-12-7-13-11(8-14(12)22)3-4-15(13)29/h7-8,10,27H,3-6,9H2,1-2H3,(H2,23,25,26). The minimum atomic E-state index is -3.57. The summed E-state index contributed by atoms with van der Waals surface area (Å²) in [5.74, 6) is 0.216. The number of nitrogens with two attached hydrogens (primary N) is 1. The van der Waals surface area contributed by atoms with Crippen molar-refractivity contribution >= 4 is 55.4 Å². The Kier molecular flexibility index (Phi) is 6.20. The first-order valence-electron chi connectivity index (χ1n) is 10.1. The van der Waals surface area contributed by atoms with Gasteiger partial charge in [0, 0.05) is 34.6 Å². The highest BCUT2D eigenvalue weighted by Crippen LogP contribution is 2.29. The lowest BCUT2D eigenvalue weighted by Gasteiger charge is -2.13. The lowest BCUT2D eigenvalue weighted by Crippen LogP contribution is -2.33. The summed E-state index contributed by atoms with van der Waals surface area (Å²) in [6.07, 6.45) is 0.520. The fourth-order valence-electron chi connectivity index (χ4n) is 3.85. The normalized spacial score (nSPS) is 14.0. The van der Waals surface area contributed by atoms with Crippen LogP contribution in [0.1, 0.15) is 47.6 Å². The number of carbonyl (C=O) groups excluding carboxylic acids is 1. The summed E-state index contributed by atoms with van der Waals surface area (Å²) < 4.78 is 43.7. The van der Waals surface area contributed by atoms with Crippen molar-refractivity contribution < 1.29 is 17.6 Å². The predicted octanol–water partition coefficient (Wildman–Crippen LogP) is 2.20. The van der Waals surface area contributed by atoms with Crippen molar-refractivity contribution in [2.75, 3.05) is 11.5 Å². The van der Waals surface area contributed by atoms with Gasteiger partial charge in [0.25, 0.3) is 0 Å². The maximum atomic E-state index is 13.9. The number of hydrogen-bond donors (Lipinski definition) is 2. The summed E-state index contributed by atoms with van der Waals surface area (Å²) >= 11 is 2.21. The number of sulfonamides is 1. The van der Waals surface area contributed by atoms with E-state index < -0.39 is 16.1 Å². The second kappa shape index (κ2) is 8.63. The number of nitrogens with one attached hydrogen (secondary N) is 1. The molecule has 0 saturated carbocycles. The van der Waals surface area contributed by atoms with Gasteiger partial charge in [-0.3, -0.25) is 4.79 Å². The SMILES string of the molecule is CC(C)NS(=O)(=O)CCn1c(Cc2cc3c(cc2I)CCC3=O)nc2c(N)nc(F)nc21. The molecule has 0 aliphatic heterocycles. The molecule has 0 bridgehead atoms. The Morgan fingerprint density at radius 2 is 2.00 bits per heavy atom. The molecule has 2 aromatic heterocycles. The Balaban J connectivity index is 1.76. The van der Waals surface area contributed by atoms with Crippen LogP contribution >= 0.6 is 22.6 Å². The fraction of sp³-hybridized carbons (Fsp3) is 0.400. The van der Waals surface area contributed by atoms with Gasteiger partial charge in [-0.15, -0.1) is 0 Å². The molecule has 0 spiro atoms. The number of fused-ring (bicyclic) bond motifs is 2. The molecule has 0 fully saturated rings. The average molecular weight is 572 g/mol. The van der Waals surface area contributed by atoms with Gasteiger partial charge in [-0.1, -0.05) is 0 Å². The highest BCUT2D eigenvalue weighted by atomic mass is 127. The van der Waals surface area contributed by atoms with Crippen molar-refractivity contribution in [3.05, 3.63) is 44.3 Å². The lowest BCUT2D eigenvalue weighted by molar-refractivity contribution is 0.0994. The average Bonchev–Trinajstić information content (AvgIpc) is 3.20. The van der Waals surface area contributed by atoms with Crippen molar-refractivity contribution in [2.45, 2.75) is 45.7 Å². The maximum absolute atomic E-state index is 13.9. The van der Waals surface area contributed by atoms with Crippen molar-refractivity contribution in [1.29, 1.82) is 0 Å². The number of ketones is 1. The van der Waals surface area contributed by atoms with E-state index in [1.54, 1.807) is 18.4 Å². The van der Waals surface area contributed by atoms with Crippen LogP contribution in [0.4, 0.5) is 10.2 Å². The maximum Gasteiger partial charge on any atom is 0.312 e. The Morgan fingerprint density at radius 3 is 2.72 bits per heavy atom. The molecule has 9 nitrogen and oxygen atoms in total. The van der Waals surface area contributed by atoms with Crippen molar-refractivity contribution in [2.24, 2.45) is 0 Å². The van der Waals surface area contributed by atoms with Crippen LogP contribution in [0.2, 0.25) is 0 Å². The molecule has 0 unspecified atom stereocenters. The molecule has 32 heavy (non-hydrogen) atoms. The summed E-state index contributed by atoms with van der Waals surface area (Å²) in [6.45, 7) is 3.47. The van der Waals surface area contributed by atoms with Crippen LogP contribution in [0, 0.1) is 9.65 Å². The molecule has 0 amide bonds. The zero-order valence-corrected chi connectivity index (χ0v) is 20.5. The van der Waals surface area contributed by atoms with E-state index in [1.165, 1.54) is 0 Å². The topological polar surface area (TPSA) is 133 Å². The van der Waals surface area contributed by atoms with Crippen LogP contribution in [0.5, 0.6) is 0 Å². The second-order valence-corrected chi connectivity index (χ2v) is 11.1. The zero-order valence-electron chi connectivity index (χ0n) is 17.5. The molecule has 1 aliphatic rings. The van der Waals surface area contributed by atoms with E-state index in [0.29, 0.717) is 24.2 Å². The van der Waals surface area contributed by atoms with Gasteiger partial charge in [0.2, 0.25) is 10.0 Å². The number of rotatable bonds is 7. The third-order valence-electron chi connectivity index (χ3n) is 5.21. The minimum Gasteiger partial charge on any atom is -0.382 e. The number of anilines is 1. The van der Waals surface area contributed by atoms with Gasteiger partial charge >= 0.3 is 6.08 Å². The molecule has 170 valence electrons. The highest BCUT2D eigenvalue weighted by Gasteiger charge is 2.24. The van der Waals surface area contributed by atoms with E-state index in [4.69, 9.17) is 5.73 Å². The van der Waals surface area contributed by atoms with E-state index >= 15 is 0 Å². The first kappa shape index (κ1) is 23.0. The number of nitrogens with zero attached hydrogens (tertiary/aromatic N) is 4. The number of hydrogen-bond acceptors (Lipinski definition) is 7. The zero-order chi connectivity index (χ0) is 23.2. The number of halogens is 2. The third kappa shape index (κ3) is 4.62. The van der Waals surface area contributed by atoms with Gasteiger partial charge in [0.15, 0.2) is 22.8 Å². The van der Waals surface area contributed by atoms with Gasteiger partial charge in [-0.2, -0.15) is 14.4 Å². The highest BCUT2D eigenvalue weighted by molar-refractivity contribution is 14.1. The first-order chi connectivity index (χ1) is 15.0. The minimum absolute atomic E-state index is 0.00420. The number of Topliss-reactive ketones (excluding diaryl/α,β-unsaturated/α-hetero) is 1. The summed E-state index contributed by atoms with van der Waals surface area (Å²) in [4.78, 5) is 24.1. The van der Waals surface area contributed by atoms with Crippen molar-refractivity contribution in [3.63, 3.8) is 0 Å². The molecule has 3 aromatic rings. The van der Waals surface area contributed by atoms with Gasteiger partial charge in [0.05, 0.1) is 5.75 Å². The van der Waals surface area contributed by atoms with Gasteiger partial charge in [-0.25, -0.2) is 18.1 Å². The monoisotopic (exact) mass is 572 g/mol. The molecule has 2 heterocycles. The van der Waals surface area contributed by atoms with Crippen LogP contribution in [-0.4, -0.2) is 45.5 Å². The molecule has 12 heteroatoms. The van der Waals surface area contributed by atoms with Crippen LogP contribution in [-0.2, 0) is 29.4 Å². The Morgan fingerprint density at radius 1 is 1.25 bits per heavy atom. The Labute approximate surface area is 198 Å². The molecule has 1 aromatic carbocycles. The Hall–Kier alpha value is -2.19. The Bertz CT molecular complexity index is 1340. The predicted molar refractivity (Wildman–Crippen MR) is 126 cm³/mol. The number of carbonyl (C=O) groups is 1. The molecule has 4 rings (SSSR count). The van der Waals surface area contributed by atoms with Crippen LogP contribution in [0.3, 0.4) is 0 Å². The second-order valence-electron chi connectivity index (χ2n) is 8.02. The van der Waals surface area contributed by atoms with E-state index in [2.05, 4.69) is 42.3 Å². The number of imidazole rings is 1. The molecule has 0 atom stereocenters. The first-order valence-corrected chi connectivity index (χ1v) is 12.8. The number of aryl methyl sites for hydroxylation is 2. The van der Waals surface area contributed by atoms with Crippen LogP contribution < -0.4 is 10.5 Å². The summed E-state index contributed by atoms with van der Waals surface area (Å²) in [5.41, 5.74) is 8.81. The molecule has 3 N–H and O–H groups in total. The van der Waals surface area contributed by atoms with E-state index in [1.807, 2.05) is 12.1 Å². The summed E-state index contributed by atoms with van der Waals surface area (Å²) in [5, 5.41) is 0. The van der Waals surface area contributed by atoms with Gasteiger partial charge < -0.3 is 10.3 Å². The number of benzene rings is 1. The smallest absolute Gasteiger partial charge is 0.312 e. The van der Waals surface area contributed by atoms with E-state index in [-0.39, 0.29) is 41.1 Å². The number of aromatic nitrogens is 4. The summed E-state index contributed by atoms with van der Waals surface area (Å²) in [7, 11) is -3.57. The van der Waals surface area contributed by atoms with E-state index in [9.17, 15) is 17.6 Å². The van der Waals surface area contributed by atoms with Crippen LogP contribution in [0.25, 0.3) is 11.2 Å². The third-order valence-corrected chi connectivity index (χ3v) is 7.77. The molecule has 0 radical (unpaired) electrons. The molecular formula is C20H22FIN6O3S. The fourth-order valence-corrected chi connectivity index (χ4v) is 5.83. The quantitative estimate of drug-likeness (QED) is 0.328. The molecule has 1 aliphatic carbocycles. The summed E-state index contributed by atoms with van der Waals surface area (Å²) in [6, 6.07) is 3.61. The number of nitrogen functional groups attached to an aromatic ring is 1.